The molecule has 19 heavy (non-hydrogen) atoms. The second-order valence-electron chi connectivity index (χ2n) is 5.16. The molecule has 2 rings (SSSR count). The van der Waals surface area contributed by atoms with E-state index in [1.807, 2.05) is 18.2 Å². The summed E-state index contributed by atoms with van der Waals surface area (Å²) in [6.07, 6.45) is 8.34. The van der Waals surface area contributed by atoms with Crippen molar-refractivity contribution < 1.29 is 4.79 Å². The Hall–Kier alpha value is -0.100. The fourth-order valence-corrected chi connectivity index (χ4v) is 3.38. The van der Waals surface area contributed by atoms with Crippen LogP contribution in [0.15, 0.2) is 22.7 Å². The molecule has 1 saturated carbocycles. The Morgan fingerprint density at radius 3 is 2.47 bits per heavy atom. The van der Waals surface area contributed by atoms with E-state index < -0.39 is 0 Å². The van der Waals surface area contributed by atoms with Crippen LogP contribution in [-0.4, -0.2) is 5.91 Å². The number of carbonyl (C=O) groups excluding carboxylic acids is 1. The number of benzene rings is 1. The fraction of sp³-hybridized carbons (Fsp3) is 0.533. The first-order valence-electron chi connectivity index (χ1n) is 6.93. The SMILES string of the molecule is O=C(Nc1cc(Br)ccc1I)C1CCCCCCC1. The summed E-state index contributed by atoms with van der Waals surface area (Å²) in [6.45, 7) is 0. The molecule has 0 unspecified atom stereocenters. The van der Waals surface area contributed by atoms with Crippen molar-refractivity contribution in [1.82, 2.24) is 0 Å². The highest BCUT2D eigenvalue weighted by atomic mass is 127. The maximum absolute atomic E-state index is 12.4. The standard InChI is InChI=1S/C15H19BrINO/c16-12-8-9-13(17)14(10-12)18-15(19)11-6-4-2-1-3-5-7-11/h8-11H,1-7H2,(H,18,19). The number of anilines is 1. The largest absolute Gasteiger partial charge is 0.325 e. The van der Waals surface area contributed by atoms with Crippen molar-refractivity contribution in [3.63, 3.8) is 0 Å². The molecule has 0 aliphatic heterocycles. The maximum atomic E-state index is 12.4. The van der Waals surface area contributed by atoms with Gasteiger partial charge < -0.3 is 5.32 Å². The highest BCUT2D eigenvalue weighted by Crippen LogP contribution is 2.26. The molecule has 0 heterocycles. The first-order chi connectivity index (χ1) is 9.16. The summed E-state index contributed by atoms with van der Waals surface area (Å²) in [4.78, 5) is 12.4. The van der Waals surface area contributed by atoms with Gasteiger partial charge in [0.05, 0.1) is 5.69 Å². The zero-order valence-corrected chi connectivity index (χ0v) is 14.7. The molecule has 0 aromatic heterocycles. The lowest BCUT2D eigenvalue weighted by molar-refractivity contribution is -0.120. The van der Waals surface area contributed by atoms with Gasteiger partial charge in [-0.15, -0.1) is 0 Å². The predicted molar refractivity (Wildman–Crippen MR) is 91.3 cm³/mol. The average Bonchev–Trinajstić information content (AvgIpc) is 2.33. The third-order valence-corrected chi connectivity index (χ3v) is 5.10. The monoisotopic (exact) mass is 435 g/mol. The van der Waals surface area contributed by atoms with Crippen LogP contribution < -0.4 is 5.32 Å². The molecule has 104 valence electrons. The van der Waals surface area contributed by atoms with E-state index in [1.54, 1.807) is 0 Å². The van der Waals surface area contributed by atoms with Gasteiger partial charge in [-0.2, -0.15) is 0 Å². The van der Waals surface area contributed by atoms with E-state index >= 15 is 0 Å². The number of nitrogens with one attached hydrogen (secondary N) is 1. The molecule has 0 bridgehead atoms. The number of hydrogen-bond donors (Lipinski definition) is 1. The molecule has 1 aromatic rings. The van der Waals surface area contributed by atoms with E-state index in [2.05, 4.69) is 43.8 Å². The van der Waals surface area contributed by atoms with Gasteiger partial charge in [-0.3, -0.25) is 4.79 Å². The summed E-state index contributed by atoms with van der Waals surface area (Å²) in [6, 6.07) is 5.98. The predicted octanol–water partition coefficient (Wildman–Crippen LogP) is 5.35. The minimum atomic E-state index is 0.190. The quantitative estimate of drug-likeness (QED) is 0.623. The zero-order chi connectivity index (χ0) is 13.7. The minimum Gasteiger partial charge on any atom is -0.325 e. The molecule has 1 aliphatic carbocycles. The Bertz CT molecular complexity index is 442. The Balaban J connectivity index is 2.00. The molecule has 2 nitrogen and oxygen atoms in total. The van der Waals surface area contributed by atoms with Crippen LogP contribution in [-0.2, 0) is 4.79 Å². The zero-order valence-electron chi connectivity index (χ0n) is 10.9. The van der Waals surface area contributed by atoms with Crippen molar-refractivity contribution in [3.8, 4) is 0 Å². The molecular formula is C15H19BrINO. The van der Waals surface area contributed by atoms with Gasteiger partial charge in [0.2, 0.25) is 5.91 Å². The summed E-state index contributed by atoms with van der Waals surface area (Å²) < 4.78 is 2.08. The number of halogens is 2. The highest BCUT2D eigenvalue weighted by Gasteiger charge is 2.20. The Kier molecular flexibility index (Phi) is 6.13. The van der Waals surface area contributed by atoms with Gasteiger partial charge in [0.1, 0.15) is 0 Å². The van der Waals surface area contributed by atoms with Crippen molar-refractivity contribution in [2.75, 3.05) is 5.32 Å². The summed E-state index contributed by atoms with van der Waals surface area (Å²) in [5, 5.41) is 3.09. The molecule has 1 aromatic carbocycles. The lowest BCUT2D eigenvalue weighted by Gasteiger charge is -2.19. The van der Waals surface area contributed by atoms with E-state index in [1.165, 1.54) is 32.1 Å². The van der Waals surface area contributed by atoms with E-state index in [4.69, 9.17) is 0 Å². The summed E-state index contributed by atoms with van der Waals surface area (Å²) in [5.74, 6) is 0.382. The molecule has 4 heteroatoms. The minimum absolute atomic E-state index is 0.190. The van der Waals surface area contributed by atoms with Crippen LogP contribution in [0.2, 0.25) is 0 Å². The van der Waals surface area contributed by atoms with Crippen molar-refractivity contribution in [3.05, 3.63) is 26.2 Å². The van der Waals surface area contributed by atoms with Crippen LogP contribution in [0.25, 0.3) is 0 Å². The Morgan fingerprint density at radius 1 is 1.16 bits per heavy atom. The number of rotatable bonds is 2. The summed E-state index contributed by atoms with van der Waals surface area (Å²) >= 11 is 5.71. The van der Waals surface area contributed by atoms with Gasteiger partial charge in [0, 0.05) is 14.0 Å². The molecular weight excluding hydrogens is 417 g/mol. The molecule has 0 radical (unpaired) electrons. The maximum Gasteiger partial charge on any atom is 0.227 e. The van der Waals surface area contributed by atoms with Crippen molar-refractivity contribution >= 4 is 50.1 Å². The first-order valence-corrected chi connectivity index (χ1v) is 8.80. The smallest absolute Gasteiger partial charge is 0.227 e. The van der Waals surface area contributed by atoms with E-state index in [9.17, 15) is 4.79 Å². The molecule has 0 atom stereocenters. The summed E-state index contributed by atoms with van der Waals surface area (Å²) in [7, 11) is 0. The topological polar surface area (TPSA) is 29.1 Å². The van der Waals surface area contributed by atoms with E-state index in [0.717, 1.165) is 26.6 Å². The summed E-state index contributed by atoms with van der Waals surface area (Å²) in [5.41, 5.74) is 0.919. The lowest BCUT2D eigenvalue weighted by Crippen LogP contribution is -2.24. The molecule has 1 aliphatic rings. The number of hydrogen-bond acceptors (Lipinski definition) is 1. The Morgan fingerprint density at radius 2 is 1.79 bits per heavy atom. The third kappa shape index (κ3) is 4.74. The van der Waals surface area contributed by atoms with E-state index in [0.29, 0.717) is 0 Å². The van der Waals surface area contributed by atoms with Crippen molar-refractivity contribution in [2.45, 2.75) is 44.9 Å². The van der Waals surface area contributed by atoms with Crippen LogP contribution in [0.1, 0.15) is 44.9 Å². The van der Waals surface area contributed by atoms with Gasteiger partial charge in [0.25, 0.3) is 0 Å². The molecule has 1 amide bonds. The average molecular weight is 436 g/mol. The van der Waals surface area contributed by atoms with Gasteiger partial charge >= 0.3 is 0 Å². The molecule has 1 N–H and O–H groups in total. The molecule has 0 saturated heterocycles. The fourth-order valence-electron chi connectivity index (χ4n) is 2.55. The van der Waals surface area contributed by atoms with E-state index in [-0.39, 0.29) is 11.8 Å². The highest BCUT2D eigenvalue weighted by molar-refractivity contribution is 14.1. The normalized spacial score (nSPS) is 17.6. The first kappa shape index (κ1) is 15.3. The second kappa shape index (κ2) is 7.62. The van der Waals surface area contributed by atoms with Crippen molar-refractivity contribution in [1.29, 1.82) is 0 Å². The molecule has 0 spiro atoms. The van der Waals surface area contributed by atoms with Crippen LogP contribution in [0.5, 0.6) is 0 Å². The molecule has 1 fully saturated rings. The van der Waals surface area contributed by atoms with Gasteiger partial charge in [-0.1, -0.05) is 48.0 Å². The number of amides is 1. The number of carbonyl (C=O) groups is 1. The van der Waals surface area contributed by atoms with Crippen molar-refractivity contribution in [2.24, 2.45) is 5.92 Å². The van der Waals surface area contributed by atoms with Crippen LogP contribution in [0.3, 0.4) is 0 Å². The lowest BCUT2D eigenvalue weighted by atomic mass is 9.90. The van der Waals surface area contributed by atoms with Crippen LogP contribution in [0.4, 0.5) is 5.69 Å². The van der Waals surface area contributed by atoms with Gasteiger partial charge in [-0.05, 0) is 53.6 Å². The second-order valence-corrected chi connectivity index (χ2v) is 7.23. The van der Waals surface area contributed by atoms with Gasteiger partial charge in [0.15, 0.2) is 0 Å². The Labute approximate surface area is 137 Å². The third-order valence-electron chi connectivity index (χ3n) is 3.66. The van der Waals surface area contributed by atoms with Crippen LogP contribution >= 0.6 is 38.5 Å². The van der Waals surface area contributed by atoms with Gasteiger partial charge in [-0.25, -0.2) is 0 Å². The van der Waals surface area contributed by atoms with Crippen LogP contribution in [0, 0.1) is 9.49 Å².